The van der Waals surface area contributed by atoms with Crippen molar-refractivity contribution in [3.8, 4) is 11.1 Å². The molecule has 0 radical (unpaired) electrons. The Balaban J connectivity index is 1.34. The summed E-state index contributed by atoms with van der Waals surface area (Å²) in [6.45, 7) is 11.3. The summed E-state index contributed by atoms with van der Waals surface area (Å²) >= 11 is 0. The van der Waals surface area contributed by atoms with Gasteiger partial charge in [-0.1, -0.05) is 6.07 Å². The maximum Gasteiger partial charge on any atom is 0.317 e. The standard InChI is InChI=1S/C26H35N7O/c1-4-27-26(34)31-14-12-30(13-15-31)24-9-10-29-33-18-21(16-25(24)33)20-7-8-22(28-17-20)23-6-5-11-32(23)19(2)3/h7-10,16-19,23H,4-6,11-15H2,1-3H3,(H,27,34)/t23-/m1/s1. The van der Waals surface area contributed by atoms with Crippen LogP contribution in [-0.4, -0.2) is 75.7 Å². The first kappa shape index (κ1) is 22.7. The highest BCUT2D eigenvalue weighted by Gasteiger charge is 2.29. The van der Waals surface area contributed by atoms with E-state index in [4.69, 9.17) is 4.98 Å². The molecule has 0 aromatic carbocycles. The van der Waals surface area contributed by atoms with Crippen molar-refractivity contribution in [2.24, 2.45) is 0 Å². The van der Waals surface area contributed by atoms with Gasteiger partial charge in [-0.05, 0) is 58.4 Å². The van der Waals surface area contributed by atoms with Gasteiger partial charge < -0.3 is 15.1 Å². The van der Waals surface area contributed by atoms with Crippen LogP contribution in [0.2, 0.25) is 0 Å². The van der Waals surface area contributed by atoms with Gasteiger partial charge in [0.1, 0.15) is 0 Å². The minimum absolute atomic E-state index is 0.0251. The fourth-order valence-electron chi connectivity index (χ4n) is 5.34. The molecule has 5 rings (SSSR count). The number of amides is 2. The molecule has 8 nitrogen and oxygen atoms in total. The number of fused-ring (bicyclic) bond motifs is 1. The van der Waals surface area contributed by atoms with Gasteiger partial charge in [0.25, 0.3) is 0 Å². The van der Waals surface area contributed by atoms with Crippen LogP contribution in [0.5, 0.6) is 0 Å². The van der Waals surface area contributed by atoms with Crippen LogP contribution >= 0.6 is 0 Å². The minimum Gasteiger partial charge on any atom is -0.366 e. The van der Waals surface area contributed by atoms with Gasteiger partial charge in [0.2, 0.25) is 0 Å². The molecule has 0 aliphatic carbocycles. The summed E-state index contributed by atoms with van der Waals surface area (Å²) in [7, 11) is 0. The Morgan fingerprint density at radius 3 is 2.65 bits per heavy atom. The fraction of sp³-hybridized carbons (Fsp3) is 0.500. The van der Waals surface area contributed by atoms with E-state index in [1.165, 1.54) is 18.5 Å². The number of nitrogens with zero attached hydrogens (tertiary/aromatic N) is 6. The molecule has 34 heavy (non-hydrogen) atoms. The molecule has 1 atom stereocenters. The SMILES string of the molecule is CCNC(=O)N1CCN(c2ccnn3cc(-c4ccc([C@H]5CCCN5C(C)C)nc4)cc23)CC1. The summed E-state index contributed by atoms with van der Waals surface area (Å²) in [5.74, 6) is 0. The molecule has 2 aliphatic heterocycles. The van der Waals surface area contributed by atoms with Gasteiger partial charge in [-0.15, -0.1) is 0 Å². The number of urea groups is 1. The van der Waals surface area contributed by atoms with E-state index in [0.717, 1.165) is 42.0 Å². The largest absolute Gasteiger partial charge is 0.366 e. The number of nitrogens with one attached hydrogen (secondary N) is 1. The zero-order valence-corrected chi connectivity index (χ0v) is 20.4. The third-order valence-electron chi connectivity index (χ3n) is 7.14. The van der Waals surface area contributed by atoms with E-state index < -0.39 is 0 Å². The van der Waals surface area contributed by atoms with Gasteiger partial charge in [0.05, 0.1) is 22.9 Å². The van der Waals surface area contributed by atoms with Crippen molar-refractivity contribution in [3.05, 3.63) is 48.5 Å². The first-order valence-corrected chi connectivity index (χ1v) is 12.5. The van der Waals surface area contributed by atoms with E-state index in [9.17, 15) is 4.79 Å². The normalized spacial score (nSPS) is 19.4. The van der Waals surface area contributed by atoms with Gasteiger partial charge in [-0.3, -0.25) is 9.88 Å². The topological polar surface area (TPSA) is 69.0 Å². The third-order valence-corrected chi connectivity index (χ3v) is 7.14. The van der Waals surface area contributed by atoms with Crippen molar-refractivity contribution < 1.29 is 4.79 Å². The number of aromatic nitrogens is 3. The Labute approximate surface area is 201 Å². The summed E-state index contributed by atoms with van der Waals surface area (Å²) in [4.78, 5) is 23.8. The average Bonchev–Trinajstić information content (AvgIpc) is 3.52. The molecule has 2 fully saturated rings. The Bertz CT molecular complexity index is 1130. The smallest absolute Gasteiger partial charge is 0.317 e. The molecule has 5 heterocycles. The molecule has 0 spiro atoms. The first-order chi connectivity index (χ1) is 16.5. The summed E-state index contributed by atoms with van der Waals surface area (Å²) in [6, 6.07) is 9.65. The highest BCUT2D eigenvalue weighted by Crippen LogP contribution is 2.34. The second-order valence-electron chi connectivity index (χ2n) is 9.55. The van der Waals surface area contributed by atoms with Gasteiger partial charge in [-0.25, -0.2) is 9.31 Å². The molecule has 8 heteroatoms. The second-order valence-corrected chi connectivity index (χ2v) is 9.55. The number of likely N-dealkylation sites (tertiary alicyclic amines) is 1. The monoisotopic (exact) mass is 461 g/mol. The first-order valence-electron chi connectivity index (χ1n) is 12.5. The van der Waals surface area contributed by atoms with Crippen LogP contribution in [0.4, 0.5) is 10.5 Å². The molecule has 180 valence electrons. The molecular formula is C26H35N7O. The molecule has 2 amide bonds. The third kappa shape index (κ3) is 4.34. The number of rotatable bonds is 5. The van der Waals surface area contributed by atoms with E-state index in [1.807, 2.05) is 28.7 Å². The molecule has 1 N–H and O–H groups in total. The molecule has 0 bridgehead atoms. The Hall–Kier alpha value is -3.13. The van der Waals surface area contributed by atoms with E-state index in [0.29, 0.717) is 31.7 Å². The van der Waals surface area contributed by atoms with Crippen LogP contribution in [0.3, 0.4) is 0 Å². The van der Waals surface area contributed by atoms with Crippen LogP contribution in [0.1, 0.15) is 45.3 Å². The van der Waals surface area contributed by atoms with Crippen LogP contribution in [0, 0.1) is 0 Å². The van der Waals surface area contributed by atoms with Crippen molar-refractivity contribution in [1.82, 2.24) is 29.7 Å². The summed E-state index contributed by atoms with van der Waals surface area (Å²) < 4.78 is 1.95. The zero-order chi connectivity index (χ0) is 23.7. The summed E-state index contributed by atoms with van der Waals surface area (Å²) in [6.07, 6.45) is 8.36. The van der Waals surface area contributed by atoms with Gasteiger partial charge >= 0.3 is 6.03 Å². The lowest BCUT2D eigenvalue weighted by Gasteiger charge is -2.36. The summed E-state index contributed by atoms with van der Waals surface area (Å²) in [5.41, 5.74) is 5.62. The van der Waals surface area contributed by atoms with Crippen molar-refractivity contribution in [2.45, 2.75) is 45.7 Å². The maximum absolute atomic E-state index is 12.1. The Morgan fingerprint density at radius 1 is 1.12 bits per heavy atom. The Kier molecular flexibility index (Phi) is 6.41. The lowest BCUT2D eigenvalue weighted by molar-refractivity contribution is 0.195. The van der Waals surface area contributed by atoms with E-state index in [-0.39, 0.29) is 6.03 Å². The van der Waals surface area contributed by atoms with Gasteiger partial charge in [-0.2, -0.15) is 5.10 Å². The highest BCUT2D eigenvalue weighted by molar-refractivity contribution is 5.80. The van der Waals surface area contributed by atoms with Crippen molar-refractivity contribution in [3.63, 3.8) is 0 Å². The molecule has 2 saturated heterocycles. The van der Waals surface area contributed by atoms with Gasteiger partial charge in [0.15, 0.2) is 0 Å². The van der Waals surface area contributed by atoms with Crippen molar-refractivity contribution >= 4 is 17.2 Å². The number of hydrogen-bond donors (Lipinski definition) is 1. The predicted octanol–water partition coefficient (Wildman–Crippen LogP) is 3.79. The van der Waals surface area contributed by atoms with Crippen LogP contribution in [-0.2, 0) is 0 Å². The molecule has 2 aliphatic rings. The van der Waals surface area contributed by atoms with Gasteiger partial charge in [0, 0.05) is 68.5 Å². The minimum atomic E-state index is 0.0251. The number of carbonyl (C=O) groups is 1. The van der Waals surface area contributed by atoms with Crippen LogP contribution in [0.15, 0.2) is 42.9 Å². The van der Waals surface area contributed by atoms with E-state index in [2.05, 4.69) is 64.5 Å². The number of carbonyl (C=O) groups excluding carboxylic acids is 1. The number of pyridine rings is 1. The van der Waals surface area contributed by atoms with Crippen LogP contribution < -0.4 is 10.2 Å². The number of anilines is 1. The predicted molar refractivity (Wildman–Crippen MR) is 135 cm³/mol. The fourth-order valence-corrected chi connectivity index (χ4v) is 5.34. The molecule has 3 aromatic heterocycles. The lowest BCUT2D eigenvalue weighted by atomic mass is 10.1. The second kappa shape index (κ2) is 9.62. The highest BCUT2D eigenvalue weighted by atomic mass is 16.2. The Morgan fingerprint density at radius 2 is 1.94 bits per heavy atom. The summed E-state index contributed by atoms with van der Waals surface area (Å²) in [5, 5.41) is 7.44. The zero-order valence-electron chi connectivity index (χ0n) is 20.4. The number of hydrogen-bond acceptors (Lipinski definition) is 5. The van der Waals surface area contributed by atoms with Crippen LogP contribution in [0.25, 0.3) is 16.6 Å². The lowest BCUT2D eigenvalue weighted by Crippen LogP contribution is -2.51. The average molecular weight is 462 g/mol. The number of piperazine rings is 1. The van der Waals surface area contributed by atoms with Crippen molar-refractivity contribution in [1.29, 1.82) is 0 Å². The van der Waals surface area contributed by atoms with E-state index >= 15 is 0 Å². The maximum atomic E-state index is 12.1. The quantitative estimate of drug-likeness (QED) is 0.626. The van der Waals surface area contributed by atoms with E-state index in [1.54, 1.807) is 0 Å². The molecule has 0 unspecified atom stereocenters. The molecule has 0 saturated carbocycles. The molecular weight excluding hydrogens is 426 g/mol. The van der Waals surface area contributed by atoms with Crippen molar-refractivity contribution in [2.75, 3.05) is 44.2 Å². The molecule has 3 aromatic rings.